The normalized spacial score (nSPS) is 11.8. The van der Waals surface area contributed by atoms with Gasteiger partial charge in [-0.1, -0.05) is 24.3 Å². The highest BCUT2D eigenvalue weighted by Gasteiger charge is 2.16. The highest BCUT2D eigenvalue weighted by Crippen LogP contribution is 2.17. The number of nitrogens with one attached hydrogen (secondary N) is 1. The van der Waals surface area contributed by atoms with Crippen LogP contribution in [0.15, 0.2) is 49.2 Å². The zero-order valence-electron chi connectivity index (χ0n) is 14.7. The SMILES string of the molecule is COC(=O)C(N)Cc1cn(-c2cnc(-c3ccc(C(=N)N)cc3)cn2)cn1. The lowest BCUT2D eigenvalue weighted by molar-refractivity contribution is -0.142. The minimum absolute atomic E-state index is 0.0193. The fourth-order valence-corrected chi connectivity index (χ4v) is 2.48. The van der Waals surface area contributed by atoms with Crippen molar-refractivity contribution in [2.75, 3.05) is 7.11 Å². The van der Waals surface area contributed by atoms with Crippen LogP contribution in [0.4, 0.5) is 0 Å². The predicted molar refractivity (Wildman–Crippen MR) is 99.3 cm³/mol. The number of benzene rings is 1. The molecule has 2 aromatic heterocycles. The lowest BCUT2D eigenvalue weighted by atomic mass is 10.1. The first-order chi connectivity index (χ1) is 13.0. The topological polar surface area (TPSA) is 146 Å². The largest absolute Gasteiger partial charge is 0.468 e. The standard InChI is InChI=1S/C18H19N7O2/c1-27-18(26)14(19)6-13-9-25(10-24-13)16-8-22-15(7-23-16)11-2-4-12(5-3-11)17(20)21/h2-5,7-10,14H,6,19H2,1H3,(H3,20,21). The molecule has 0 amide bonds. The second kappa shape index (κ2) is 7.75. The third-order valence-electron chi connectivity index (χ3n) is 3.96. The summed E-state index contributed by atoms with van der Waals surface area (Å²) in [6.07, 6.45) is 6.88. The fourth-order valence-electron chi connectivity index (χ4n) is 2.48. The Hall–Kier alpha value is -3.59. The molecule has 1 aromatic carbocycles. The lowest BCUT2D eigenvalue weighted by Gasteiger charge is -2.06. The smallest absolute Gasteiger partial charge is 0.323 e. The maximum atomic E-state index is 11.4. The summed E-state index contributed by atoms with van der Waals surface area (Å²) >= 11 is 0. The van der Waals surface area contributed by atoms with Crippen LogP contribution in [-0.2, 0) is 16.0 Å². The molecule has 0 saturated carbocycles. The number of carbonyl (C=O) groups excluding carboxylic acids is 1. The summed E-state index contributed by atoms with van der Waals surface area (Å²) in [5.41, 5.74) is 14.1. The number of carbonyl (C=O) groups is 1. The Labute approximate surface area is 155 Å². The van der Waals surface area contributed by atoms with Gasteiger partial charge in [0, 0.05) is 23.7 Å². The Morgan fingerprint density at radius 2 is 1.96 bits per heavy atom. The van der Waals surface area contributed by atoms with Crippen molar-refractivity contribution in [1.29, 1.82) is 5.41 Å². The molecule has 1 unspecified atom stereocenters. The number of ether oxygens (including phenoxy) is 1. The van der Waals surface area contributed by atoms with E-state index in [0.717, 1.165) is 5.56 Å². The molecule has 0 aliphatic rings. The summed E-state index contributed by atoms with van der Waals surface area (Å²) < 4.78 is 6.32. The average Bonchev–Trinajstić information content (AvgIpc) is 3.16. The Balaban J connectivity index is 1.74. The van der Waals surface area contributed by atoms with E-state index in [2.05, 4.69) is 19.7 Å². The summed E-state index contributed by atoms with van der Waals surface area (Å²) in [6, 6.07) is 6.44. The van der Waals surface area contributed by atoms with Crippen LogP contribution < -0.4 is 11.5 Å². The van der Waals surface area contributed by atoms with Crippen LogP contribution in [-0.4, -0.2) is 44.5 Å². The molecular formula is C18H19N7O2. The number of amidine groups is 1. The first-order valence-electron chi connectivity index (χ1n) is 8.11. The molecule has 1 atom stereocenters. The van der Waals surface area contributed by atoms with Crippen molar-refractivity contribution in [2.24, 2.45) is 11.5 Å². The molecule has 0 radical (unpaired) electrons. The summed E-state index contributed by atoms with van der Waals surface area (Å²) in [7, 11) is 1.30. The minimum Gasteiger partial charge on any atom is -0.468 e. The monoisotopic (exact) mass is 365 g/mol. The van der Waals surface area contributed by atoms with Crippen molar-refractivity contribution >= 4 is 11.8 Å². The van der Waals surface area contributed by atoms with Gasteiger partial charge in [0.2, 0.25) is 0 Å². The number of nitrogens with zero attached hydrogens (tertiary/aromatic N) is 4. The van der Waals surface area contributed by atoms with Crippen molar-refractivity contribution < 1.29 is 9.53 Å². The maximum Gasteiger partial charge on any atom is 0.323 e. The molecule has 3 aromatic rings. The number of hydrogen-bond donors (Lipinski definition) is 3. The second-order valence-electron chi connectivity index (χ2n) is 5.86. The number of methoxy groups -OCH3 is 1. The Bertz CT molecular complexity index is 949. The predicted octanol–water partition coefficient (Wildman–Crippen LogP) is 0.656. The van der Waals surface area contributed by atoms with E-state index in [9.17, 15) is 4.79 Å². The van der Waals surface area contributed by atoms with Gasteiger partial charge in [0.1, 0.15) is 18.2 Å². The molecular weight excluding hydrogens is 346 g/mol. The number of aromatic nitrogens is 4. The van der Waals surface area contributed by atoms with Crippen molar-refractivity contribution in [3.05, 3.63) is 60.4 Å². The molecule has 0 bridgehead atoms. The molecule has 9 nitrogen and oxygen atoms in total. The van der Waals surface area contributed by atoms with Crippen molar-refractivity contribution in [2.45, 2.75) is 12.5 Å². The second-order valence-corrected chi connectivity index (χ2v) is 5.86. The van der Waals surface area contributed by atoms with Gasteiger partial charge in [-0.15, -0.1) is 0 Å². The van der Waals surface area contributed by atoms with Crippen molar-refractivity contribution in [3.63, 3.8) is 0 Å². The molecule has 0 spiro atoms. The number of imidazole rings is 1. The van der Waals surface area contributed by atoms with Crippen LogP contribution in [0.1, 0.15) is 11.3 Å². The number of hydrogen-bond acceptors (Lipinski definition) is 7. The molecule has 0 aliphatic carbocycles. The van der Waals surface area contributed by atoms with Gasteiger partial charge >= 0.3 is 5.97 Å². The summed E-state index contributed by atoms with van der Waals surface area (Å²) in [5.74, 6) is 0.125. The number of nitrogens with two attached hydrogens (primary N) is 2. The van der Waals surface area contributed by atoms with Crippen LogP contribution >= 0.6 is 0 Å². The average molecular weight is 365 g/mol. The van der Waals surface area contributed by atoms with Gasteiger partial charge in [-0.05, 0) is 0 Å². The summed E-state index contributed by atoms with van der Waals surface area (Å²) in [4.78, 5) is 24.4. The third-order valence-corrected chi connectivity index (χ3v) is 3.96. The quantitative estimate of drug-likeness (QED) is 0.330. The van der Waals surface area contributed by atoms with Crippen LogP contribution in [0.3, 0.4) is 0 Å². The van der Waals surface area contributed by atoms with Gasteiger partial charge < -0.3 is 16.2 Å². The molecule has 3 rings (SSSR count). The Morgan fingerprint density at radius 1 is 1.22 bits per heavy atom. The van der Waals surface area contributed by atoms with E-state index in [-0.39, 0.29) is 12.3 Å². The third kappa shape index (κ3) is 4.15. The van der Waals surface area contributed by atoms with Gasteiger partial charge in [0.05, 0.1) is 30.9 Å². The molecule has 9 heteroatoms. The van der Waals surface area contributed by atoms with E-state index in [4.69, 9.17) is 16.9 Å². The van der Waals surface area contributed by atoms with Crippen LogP contribution in [0, 0.1) is 5.41 Å². The highest BCUT2D eigenvalue weighted by atomic mass is 16.5. The fraction of sp³-hybridized carbons (Fsp3) is 0.167. The number of esters is 1. The van der Waals surface area contributed by atoms with Gasteiger partial charge in [-0.3, -0.25) is 19.8 Å². The molecule has 2 heterocycles. The van der Waals surface area contributed by atoms with Crippen LogP contribution in [0.25, 0.3) is 17.1 Å². The van der Waals surface area contributed by atoms with Gasteiger partial charge in [-0.25, -0.2) is 9.97 Å². The lowest BCUT2D eigenvalue weighted by Crippen LogP contribution is -2.33. The summed E-state index contributed by atoms with van der Waals surface area (Å²) in [6.45, 7) is 0. The molecule has 138 valence electrons. The zero-order valence-corrected chi connectivity index (χ0v) is 14.7. The molecule has 0 saturated heterocycles. The van der Waals surface area contributed by atoms with Crippen molar-refractivity contribution in [1.82, 2.24) is 19.5 Å². The van der Waals surface area contributed by atoms with E-state index >= 15 is 0 Å². The first kappa shape index (κ1) is 18.2. The Kier molecular flexibility index (Phi) is 5.23. The minimum atomic E-state index is -0.759. The van der Waals surface area contributed by atoms with E-state index in [1.54, 1.807) is 41.6 Å². The number of rotatable bonds is 6. The molecule has 0 aliphatic heterocycles. The molecule has 0 fully saturated rings. The highest BCUT2D eigenvalue weighted by molar-refractivity contribution is 5.95. The van der Waals surface area contributed by atoms with E-state index in [1.807, 2.05) is 12.1 Å². The molecule has 5 N–H and O–H groups in total. The summed E-state index contributed by atoms with van der Waals surface area (Å²) in [5, 5.41) is 7.42. The van der Waals surface area contributed by atoms with Gasteiger partial charge in [0.15, 0.2) is 5.82 Å². The molecule has 27 heavy (non-hydrogen) atoms. The zero-order chi connectivity index (χ0) is 19.4. The van der Waals surface area contributed by atoms with Crippen LogP contribution in [0.2, 0.25) is 0 Å². The van der Waals surface area contributed by atoms with E-state index in [0.29, 0.717) is 22.8 Å². The number of nitrogen functional groups attached to an aromatic ring is 1. The van der Waals surface area contributed by atoms with Crippen LogP contribution in [0.5, 0.6) is 0 Å². The van der Waals surface area contributed by atoms with E-state index in [1.165, 1.54) is 7.11 Å². The van der Waals surface area contributed by atoms with Gasteiger partial charge in [-0.2, -0.15) is 0 Å². The van der Waals surface area contributed by atoms with E-state index < -0.39 is 12.0 Å². The maximum absolute atomic E-state index is 11.4. The first-order valence-corrected chi connectivity index (χ1v) is 8.11. The Morgan fingerprint density at radius 3 is 2.56 bits per heavy atom. The van der Waals surface area contributed by atoms with Gasteiger partial charge in [0.25, 0.3) is 0 Å². The van der Waals surface area contributed by atoms with Crippen molar-refractivity contribution in [3.8, 4) is 17.1 Å².